The molecule has 0 bridgehead atoms. The fraction of sp³-hybridized carbons (Fsp3) is 0.611. The third kappa shape index (κ3) is 4.27. The lowest BCUT2D eigenvalue weighted by Crippen LogP contribution is -2.33. The Balaban J connectivity index is 0.00000243. The summed E-state index contributed by atoms with van der Waals surface area (Å²) in [5.41, 5.74) is 6.71. The van der Waals surface area contributed by atoms with Crippen LogP contribution in [0.3, 0.4) is 0 Å². The van der Waals surface area contributed by atoms with Gasteiger partial charge < -0.3 is 15.5 Å². The molecule has 0 aliphatic carbocycles. The van der Waals surface area contributed by atoms with Crippen LogP contribution in [0.1, 0.15) is 36.5 Å². The van der Waals surface area contributed by atoms with E-state index in [0.29, 0.717) is 42.7 Å². The number of likely N-dealkylation sites (tertiary alicyclic amines) is 1. The first-order chi connectivity index (χ1) is 12.0. The van der Waals surface area contributed by atoms with E-state index in [9.17, 15) is 14.9 Å². The van der Waals surface area contributed by atoms with Crippen molar-refractivity contribution in [2.45, 2.75) is 26.2 Å². The Labute approximate surface area is 160 Å². The molecule has 2 N–H and O–H groups in total. The van der Waals surface area contributed by atoms with Crippen LogP contribution in [0.5, 0.6) is 0 Å². The summed E-state index contributed by atoms with van der Waals surface area (Å²) in [5, 5.41) is 11.6. The second kappa shape index (κ2) is 8.68. The summed E-state index contributed by atoms with van der Waals surface area (Å²) < 4.78 is 0. The number of carbonyl (C=O) groups excluding carboxylic acids is 1. The number of carbonyl (C=O) groups is 1. The van der Waals surface area contributed by atoms with Gasteiger partial charge in [0, 0.05) is 37.8 Å². The van der Waals surface area contributed by atoms with Gasteiger partial charge in [-0.15, -0.1) is 12.4 Å². The van der Waals surface area contributed by atoms with Gasteiger partial charge in [-0.3, -0.25) is 14.9 Å². The largest absolute Gasteiger partial charge is 0.366 e. The van der Waals surface area contributed by atoms with Crippen LogP contribution in [0, 0.1) is 22.0 Å². The number of nitro groups is 1. The minimum Gasteiger partial charge on any atom is -0.366 e. The van der Waals surface area contributed by atoms with Gasteiger partial charge in [0.2, 0.25) is 0 Å². The Kier molecular flexibility index (Phi) is 6.83. The molecule has 144 valence electrons. The van der Waals surface area contributed by atoms with Crippen molar-refractivity contribution in [2.24, 2.45) is 17.6 Å². The quantitative estimate of drug-likeness (QED) is 0.638. The van der Waals surface area contributed by atoms with Crippen LogP contribution in [-0.4, -0.2) is 48.5 Å². The number of anilines is 1. The third-order valence-corrected chi connectivity index (χ3v) is 5.45. The van der Waals surface area contributed by atoms with Crippen molar-refractivity contribution in [1.29, 1.82) is 0 Å². The van der Waals surface area contributed by atoms with E-state index in [1.165, 1.54) is 6.07 Å². The molecule has 1 atom stereocenters. The summed E-state index contributed by atoms with van der Waals surface area (Å²) in [6.07, 6.45) is 2.96. The molecule has 0 aromatic heterocycles. The highest BCUT2D eigenvalue weighted by Crippen LogP contribution is 2.33. The van der Waals surface area contributed by atoms with Crippen molar-refractivity contribution < 1.29 is 9.72 Å². The third-order valence-electron chi connectivity index (χ3n) is 5.45. The molecule has 1 unspecified atom stereocenters. The van der Waals surface area contributed by atoms with Gasteiger partial charge in [-0.1, -0.05) is 6.92 Å². The Morgan fingerprint density at radius 3 is 2.54 bits per heavy atom. The van der Waals surface area contributed by atoms with Crippen molar-refractivity contribution in [1.82, 2.24) is 4.90 Å². The molecule has 0 saturated carbocycles. The number of amides is 1. The average Bonchev–Trinajstić information content (AvgIpc) is 3.10. The molecule has 1 amide bonds. The van der Waals surface area contributed by atoms with Crippen LogP contribution >= 0.6 is 12.4 Å². The number of hydrogen-bond donors (Lipinski definition) is 1. The molecule has 2 fully saturated rings. The maximum Gasteiger partial charge on any atom is 0.293 e. The predicted octanol–water partition coefficient (Wildman–Crippen LogP) is 2.67. The molecule has 1 aromatic carbocycles. The molecule has 2 aliphatic heterocycles. The number of nitro benzene ring substituents is 1. The van der Waals surface area contributed by atoms with Crippen molar-refractivity contribution in [3.05, 3.63) is 33.9 Å². The van der Waals surface area contributed by atoms with Crippen LogP contribution in [0.15, 0.2) is 18.2 Å². The number of piperidine rings is 1. The van der Waals surface area contributed by atoms with Crippen molar-refractivity contribution in [3.63, 3.8) is 0 Å². The SMILES string of the molecule is CC1CCN(c2ccc(C(=O)N3CCC(CN)C3)cc2[N+](=O)[O-])CC1.Cl. The Morgan fingerprint density at radius 1 is 1.27 bits per heavy atom. The fourth-order valence-corrected chi connectivity index (χ4v) is 3.71. The van der Waals surface area contributed by atoms with Gasteiger partial charge in [-0.05, 0) is 49.8 Å². The molecule has 8 heteroatoms. The topological polar surface area (TPSA) is 92.7 Å². The highest BCUT2D eigenvalue weighted by molar-refractivity contribution is 5.96. The lowest BCUT2D eigenvalue weighted by Gasteiger charge is -2.31. The van der Waals surface area contributed by atoms with Crippen LogP contribution in [0.4, 0.5) is 11.4 Å². The van der Waals surface area contributed by atoms with Crippen LogP contribution in [-0.2, 0) is 0 Å². The number of nitrogens with two attached hydrogens (primary N) is 1. The van der Waals surface area contributed by atoms with Crippen molar-refractivity contribution in [2.75, 3.05) is 37.6 Å². The first-order valence-electron chi connectivity index (χ1n) is 9.02. The number of halogens is 1. The average molecular weight is 383 g/mol. The van der Waals surface area contributed by atoms with Gasteiger partial charge in [0.15, 0.2) is 0 Å². The minimum atomic E-state index is -0.378. The first kappa shape index (κ1) is 20.5. The smallest absolute Gasteiger partial charge is 0.293 e. The molecular formula is C18H27ClN4O3. The van der Waals surface area contributed by atoms with Crippen molar-refractivity contribution in [3.8, 4) is 0 Å². The summed E-state index contributed by atoms with van der Waals surface area (Å²) in [6.45, 7) is 5.71. The van der Waals surface area contributed by atoms with Gasteiger partial charge in [0.05, 0.1) is 4.92 Å². The van der Waals surface area contributed by atoms with E-state index < -0.39 is 0 Å². The molecular weight excluding hydrogens is 356 g/mol. The standard InChI is InChI=1S/C18H26N4O3.ClH/c1-13-4-7-20(8-5-13)16-3-2-15(10-17(16)22(24)25)18(23)21-9-6-14(11-19)12-21;/h2-3,10,13-14H,4-9,11-12,19H2,1H3;1H. The van der Waals surface area contributed by atoms with Crippen LogP contribution < -0.4 is 10.6 Å². The number of hydrogen-bond acceptors (Lipinski definition) is 5. The predicted molar refractivity (Wildman–Crippen MR) is 104 cm³/mol. The second-order valence-corrected chi connectivity index (χ2v) is 7.27. The van der Waals surface area contributed by atoms with Gasteiger partial charge in [-0.25, -0.2) is 0 Å². The Hall–Kier alpha value is -1.86. The van der Waals surface area contributed by atoms with Gasteiger partial charge in [0.1, 0.15) is 5.69 Å². The molecule has 1 aromatic rings. The maximum absolute atomic E-state index is 12.7. The van der Waals surface area contributed by atoms with E-state index in [1.54, 1.807) is 17.0 Å². The van der Waals surface area contributed by atoms with E-state index in [-0.39, 0.29) is 28.9 Å². The van der Waals surface area contributed by atoms with E-state index in [1.807, 2.05) is 0 Å². The molecule has 26 heavy (non-hydrogen) atoms. The normalized spacial score (nSPS) is 20.8. The lowest BCUT2D eigenvalue weighted by molar-refractivity contribution is -0.384. The highest BCUT2D eigenvalue weighted by atomic mass is 35.5. The summed E-state index contributed by atoms with van der Waals surface area (Å²) in [6, 6.07) is 4.89. The molecule has 2 heterocycles. The highest BCUT2D eigenvalue weighted by Gasteiger charge is 2.29. The van der Waals surface area contributed by atoms with Gasteiger partial charge >= 0.3 is 0 Å². The van der Waals surface area contributed by atoms with E-state index in [4.69, 9.17) is 5.73 Å². The molecule has 0 radical (unpaired) electrons. The zero-order chi connectivity index (χ0) is 18.0. The minimum absolute atomic E-state index is 0. The van der Waals surface area contributed by atoms with Gasteiger partial charge in [0.25, 0.3) is 11.6 Å². The summed E-state index contributed by atoms with van der Waals surface area (Å²) in [5.74, 6) is 0.841. The van der Waals surface area contributed by atoms with Crippen molar-refractivity contribution >= 4 is 29.7 Å². The number of nitrogens with zero attached hydrogens (tertiary/aromatic N) is 3. The van der Waals surface area contributed by atoms with Crippen LogP contribution in [0.2, 0.25) is 0 Å². The summed E-state index contributed by atoms with van der Waals surface area (Å²) in [7, 11) is 0. The molecule has 7 nitrogen and oxygen atoms in total. The molecule has 3 rings (SSSR count). The fourth-order valence-electron chi connectivity index (χ4n) is 3.71. The second-order valence-electron chi connectivity index (χ2n) is 7.27. The zero-order valence-electron chi connectivity index (χ0n) is 15.1. The number of benzene rings is 1. The molecule has 0 spiro atoms. The van der Waals surface area contributed by atoms with E-state index in [0.717, 1.165) is 32.4 Å². The Bertz CT molecular complexity index is 662. The summed E-state index contributed by atoms with van der Waals surface area (Å²) in [4.78, 5) is 27.7. The van der Waals surface area contributed by atoms with E-state index in [2.05, 4.69) is 11.8 Å². The molecule has 2 saturated heterocycles. The maximum atomic E-state index is 12.7. The zero-order valence-corrected chi connectivity index (χ0v) is 15.9. The van der Waals surface area contributed by atoms with E-state index >= 15 is 0 Å². The number of rotatable bonds is 4. The Morgan fingerprint density at radius 2 is 1.96 bits per heavy atom. The summed E-state index contributed by atoms with van der Waals surface area (Å²) >= 11 is 0. The first-order valence-corrected chi connectivity index (χ1v) is 9.02. The monoisotopic (exact) mass is 382 g/mol. The van der Waals surface area contributed by atoms with Gasteiger partial charge in [-0.2, -0.15) is 0 Å². The van der Waals surface area contributed by atoms with Crippen LogP contribution in [0.25, 0.3) is 0 Å². The lowest BCUT2D eigenvalue weighted by atomic mass is 9.98. The molecule has 2 aliphatic rings.